The summed E-state index contributed by atoms with van der Waals surface area (Å²) in [4.78, 5) is 0. The molecule has 0 N–H and O–H groups in total. The van der Waals surface area contributed by atoms with E-state index in [-0.39, 0.29) is 6.29 Å². The number of ether oxygens (including phenoxy) is 2. The van der Waals surface area contributed by atoms with Gasteiger partial charge in [-0.15, -0.1) is 0 Å². The average Bonchev–Trinajstić information content (AvgIpc) is 2.95. The van der Waals surface area contributed by atoms with Crippen molar-refractivity contribution in [1.82, 2.24) is 0 Å². The summed E-state index contributed by atoms with van der Waals surface area (Å²) in [5.74, 6) is 0. The second-order valence-corrected chi connectivity index (χ2v) is 4.95. The summed E-state index contributed by atoms with van der Waals surface area (Å²) in [6.07, 6.45) is 2.92. The highest BCUT2D eigenvalue weighted by Gasteiger charge is 2.20. The molecule has 2 aromatic rings. The molecule has 1 unspecified atom stereocenters. The first kappa shape index (κ1) is 13.1. The van der Waals surface area contributed by atoms with E-state index < -0.39 is 0 Å². The van der Waals surface area contributed by atoms with E-state index in [1.54, 1.807) is 0 Å². The summed E-state index contributed by atoms with van der Waals surface area (Å²) in [5.41, 5.74) is 3.68. The topological polar surface area (TPSA) is 18.5 Å². The van der Waals surface area contributed by atoms with Gasteiger partial charge >= 0.3 is 0 Å². The minimum absolute atomic E-state index is 0.120. The summed E-state index contributed by atoms with van der Waals surface area (Å²) in [6.45, 7) is 1.26. The lowest BCUT2D eigenvalue weighted by molar-refractivity contribution is -0.118. The summed E-state index contributed by atoms with van der Waals surface area (Å²) in [6, 6.07) is 20.5. The van der Waals surface area contributed by atoms with Gasteiger partial charge < -0.3 is 9.47 Å². The van der Waals surface area contributed by atoms with Crippen molar-refractivity contribution in [2.24, 2.45) is 0 Å². The summed E-state index contributed by atoms with van der Waals surface area (Å²) in [7, 11) is 0. The monoisotopic (exact) mass is 266 g/mol. The van der Waals surface area contributed by atoms with Gasteiger partial charge in [-0.3, -0.25) is 0 Å². The largest absolute Gasteiger partial charge is 0.348 e. The molecule has 0 bridgehead atoms. The third-order valence-corrected chi connectivity index (χ3v) is 3.33. The zero-order valence-corrected chi connectivity index (χ0v) is 11.4. The lowest BCUT2D eigenvalue weighted by Gasteiger charge is -2.10. The fourth-order valence-corrected chi connectivity index (χ4v) is 2.29. The molecule has 20 heavy (non-hydrogen) atoms. The van der Waals surface area contributed by atoms with E-state index in [9.17, 15) is 0 Å². The van der Waals surface area contributed by atoms with Crippen molar-refractivity contribution in [3.05, 3.63) is 77.4 Å². The van der Waals surface area contributed by atoms with Crippen molar-refractivity contribution in [1.29, 1.82) is 0 Å². The van der Waals surface area contributed by atoms with Gasteiger partial charge in [0.15, 0.2) is 6.29 Å². The number of hydrogen-bond donors (Lipinski definition) is 0. The summed E-state index contributed by atoms with van der Waals surface area (Å²) >= 11 is 0. The van der Waals surface area contributed by atoms with E-state index in [1.165, 1.54) is 16.7 Å². The van der Waals surface area contributed by atoms with Gasteiger partial charge in [0.2, 0.25) is 0 Å². The van der Waals surface area contributed by atoms with Crippen LogP contribution in [0.25, 0.3) is 6.08 Å². The van der Waals surface area contributed by atoms with Crippen LogP contribution in [0.2, 0.25) is 0 Å². The molecule has 1 aliphatic heterocycles. The Bertz CT molecular complexity index is 560. The van der Waals surface area contributed by atoms with E-state index in [4.69, 9.17) is 9.47 Å². The predicted molar refractivity (Wildman–Crippen MR) is 80.0 cm³/mol. The molecule has 1 heterocycles. The summed E-state index contributed by atoms with van der Waals surface area (Å²) in [5, 5.41) is 0. The van der Waals surface area contributed by atoms with Gasteiger partial charge in [0, 0.05) is 6.42 Å². The van der Waals surface area contributed by atoms with Gasteiger partial charge in [0.05, 0.1) is 13.2 Å². The van der Waals surface area contributed by atoms with Crippen LogP contribution in [0.1, 0.15) is 17.5 Å². The molecular formula is C18H18O2. The van der Waals surface area contributed by atoms with Crippen molar-refractivity contribution in [3.8, 4) is 0 Å². The van der Waals surface area contributed by atoms with Crippen molar-refractivity contribution in [2.75, 3.05) is 6.61 Å². The minimum atomic E-state index is -0.120. The molecule has 2 aromatic carbocycles. The van der Waals surface area contributed by atoms with Crippen molar-refractivity contribution < 1.29 is 9.47 Å². The molecule has 1 aliphatic rings. The first-order valence-corrected chi connectivity index (χ1v) is 6.92. The molecule has 0 spiro atoms. The number of hydrogen-bond acceptors (Lipinski definition) is 2. The molecule has 0 radical (unpaired) electrons. The molecule has 0 saturated carbocycles. The SMILES string of the molecule is C(=C1/COC(OCc2ccccc2)C1)/c1ccccc1. The second kappa shape index (κ2) is 6.51. The predicted octanol–water partition coefficient (Wildman–Crippen LogP) is 4.03. The van der Waals surface area contributed by atoms with Gasteiger partial charge in [-0.1, -0.05) is 66.7 Å². The highest BCUT2D eigenvalue weighted by molar-refractivity contribution is 5.53. The maximum atomic E-state index is 5.79. The van der Waals surface area contributed by atoms with Gasteiger partial charge in [-0.05, 0) is 16.7 Å². The normalized spacial score (nSPS) is 20.4. The number of rotatable bonds is 4. The Kier molecular flexibility index (Phi) is 4.26. The molecule has 0 aromatic heterocycles. The molecule has 1 saturated heterocycles. The Morgan fingerprint density at radius 2 is 1.70 bits per heavy atom. The molecule has 102 valence electrons. The van der Waals surface area contributed by atoms with Crippen LogP contribution in [0.15, 0.2) is 66.2 Å². The fraction of sp³-hybridized carbons (Fsp3) is 0.222. The lowest BCUT2D eigenvalue weighted by atomic mass is 10.1. The average molecular weight is 266 g/mol. The van der Waals surface area contributed by atoms with Crippen molar-refractivity contribution in [3.63, 3.8) is 0 Å². The molecule has 0 aliphatic carbocycles. The first-order chi connectivity index (χ1) is 9.90. The zero-order chi connectivity index (χ0) is 13.6. The molecule has 1 atom stereocenters. The van der Waals surface area contributed by atoms with Gasteiger partial charge in [0.25, 0.3) is 0 Å². The standard InChI is InChI=1S/C18H18O2/c1-3-7-15(8-4-1)11-17-12-18(20-14-17)19-13-16-9-5-2-6-10-16/h1-11,18H,12-14H2/b17-11-. The van der Waals surface area contributed by atoms with Crippen molar-refractivity contribution >= 4 is 6.08 Å². The van der Waals surface area contributed by atoms with Crippen LogP contribution in [-0.4, -0.2) is 12.9 Å². The minimum Gasteiger partial charge on any atom is -0.348 e. The Labute approximate surface area is 119 Å². The van der Waals surface area contributed by atoms with Crippen LogP contribution in [0.3, 0.4) is 0 Å². The maximum absolute atomic E-state index is 5.79. The Hall–Kier alpha value is -1.90. The molecule has 2 heteroatoms. The van der Waals surface area contributed by atoms with E-state index >= 15 is 0 Å². The van der Waals surface area contributed by atoms with Crippen molar-refractivity contribution in [2.45, 2.75) is 19.3 Å². The smallest absolute Gasteiger partial charge is 0.162 e. The van der Waals surface area contributed by atoms with Crippen LogP contribution in [-0.2, 0) is 16.1 Å². The van der Waals surface area contributed by atoms with Gasteiger partial charge in [-0.2, -0.15) is 0 Å². The number of benzene rings is 2. The third kappa shape index (κ3) is 3.56. The zero-order valence-electron chi connectivity index (χ0n) is 11.4. The quantitative estimate of drug-likeness (QED) is 0.831. The maximum Gasteiger partial charge on any atom is 0.162 e. The Morgan fingerprint density at radius 1 is 1.00 bits per heavy atom. The van der Waals surface area contributed by atoms with Crippen LogP contribution in [0.4, 0.5) is 0 Å². The molecule has 0 amide bonds. The Morgan fingerprint density at radius 3 is 2.45 bits per heavy atom. The highest BCUT2D eigenvalue weighted by atomic mass is 16.7. The first-order valence-electron chi connectivity index (χ1n) is 6.92. The summed E-state index contributed by atoms with van der Waals surface area (Å²) < 4.78 is 11.5. The van der Waals surface area contributed by atoms with E-state index in [1.807, 2.05) is 36.4 Å². The second-order valence-electron chi connectivity index (χ2n) is 4.95. The highest BCUT2D eigenvalue weighted by Crippen LogP contribution is 2.23. The Balaban J connectivity index is 1.54. The van der Waals surface area contributed by atoms with E-state index in [0.717, 1.165) is 6.42 Å². The molecule has 3 rings (SSSR count). The molecule has 1 fully saturated rings. The van der Waals surface area contributed by atoms with Crippen LogP contribution in [0, 0.1) is 0 Å². The molecular weight excluding hydrogens is 248 g/mol. The lowest BCUT2D eigenvalue weighted by Crippen LogP contribution is -2.09. The van der Waals surface area contributed by atoms with Crippen LogP contribution in [0.5, 0.6) is 0 Å². The van der Waals surface area contributed by atoms with E-state index in [2.05, 4.69) is 30.3 Å². The van der Waals surface area contributed by atoms with Gasteiger partial charge in [0.1, 0.15) is 0 Å². The fourth-order valence-electron chi connectivity index (χ4n) is 2.29. The van der Waals surface area contributed by atoms with Crippen LogP contribution < -0.4 is 0 Å². The molecule has 2 nitrogen and oxygen atoms in total. The third-order valence-electron chi connectivity index (χ3n) is 3.33. The van der Waals surface area contributed by atoms with Crippen LogP contribution >= 0.6 is 0 Å². The van der Waals surface area contributed by atoms with E-state index in [0.29, 0.717) is 13.2 Å². The van der Waals surface area contributed by atoms with Gasteiger partial charge in [-0.25, -0.2) is 0 Å².